The van der Waals surface area contributed by atoms with Crippen molar-refractivity contribution in [2.75, 3.05) is 5.14 Å². The lowest BCUT2D eigenvalue weighted by molar-refractivity contribution is 1.08. The summed E-state index contributed by atoms with van der Waals surface area (Å²) in [5.41, 5.74) is 1.60. The molecule has 0 amide bonds. The zero-order valence-electron chi connectivity index (χ0n) is 3.42. The highest BCUT2D eigenvalue weighted by Crippen LogP contribution is 2.02. The molecule has 3 nitrogen and oxygen atoms in total. The third-order valence-electron chi connectivity index (χ3n) is 0.536. The first kappa shape index (κ1) is 4.89. The van der Waals surface area contributed by atoms with Crippen LogP contribution < -0.4 is 5.14 Å². The van der Waals surface area contributed by atoms with Crippen LogP contribution in [0, 0.1) is 3.95 Å². The van der Waals surface area contributed by atoms with Crippen LogP contribution in [0.5, 0.6) is 0 Å². The molecular formula is C2H4N3S2+. The molecule has 0 bridgehead atoms. The fraction of sp³-hybridized carbons (Fsp3) is 0. The van der Waals surface area contributed by atoms with E-state index in [2.05, 4.69) is 10.2 Å². The third-order valence-corrected chi connectivity index (χ3v) is 2.06. The van der Waals surface area contributed by atoms with E-state index < -0.39 is 0 Å². The van der Waals surface area contributed by atoms with Gasteiger partial charge in [0.25, 0.3) is 12.2 Å². The monoisotopic (exact) mass is 134 g/mol. The number of aromatic amines is 1. The van der Waals surface area contributed by atoms with Crippen LogP contribution in [0.2, 0.25) is 0 Å². The molecule has 0 spiro atoms. The van der Waals surface area contributed by atoms with Crippen molar-refractivity contribution in [3.05, 3.63) is 9.46 Å². The van der Waals surface area contributed by atoms with Crippen molar-refractivity contribution in [1.82, 2.24) is 10.2 Å². The molecular weight excluding hydrogens is 130 g/mol. The molecule has 0 aromatic carbocycles. The Bertz CT molecular complexity index is 199. The van der Waals surface area contributed by atoms with Crippen molar-refractivity contribution in [3.8, 4) is 0 Å². The first-order valence-corrected chi connectivity index (χ1v) is 3.37. The van der Waals surface area contributed by atoms with Crippen LogP contribution in [-0.2, 0) is 0 Å². The first-order chi connectivity index (χ1) is 3.30. The minimum Gasteiger partial charge on any atom is -0.217 e. The van der Waals surface area contributed by atoms with E-state index in [9.17, 15) is 0 Å². The van der Waals surface area contributed by atoms with E-state index >= 15 is 0 Å². The molecule has 1 atom stereocenters. The maximum Gasteiger partial charge on any atom is 0.390 e. The molecule has 0 aliphatic heterocycles. The Morgan fingerprint density at radius 2 is 2.71 bits per heavy atom. The molecule has 0 fully saturated rings. The van der Waals surface area contributed by atoms with Gasteiger partial charge in [0.2, 0.25) is 0 Å². The largest absolute Gasteiger partial charge is 0.390 e. The van der Waals surface area contributed by atoms with Gasteiger partial charge in [-0.2, -0.15) is 5.14 Å². The molecule has 1 rings (SSSR count). The molecule has 0 aliphatic carbocycles. The summed E-state index contributed by atoms with van der Waals surface area (Å²) in [5, 5.41) is 11.5. The van der Waals surface area contributed by atoms with Gasteiger partial charge in [0.05, 0.1) is 0 Å². The van der Waals surface area contributed by atoms with Gasteiger partial charge >= 0.3 is 3.95 Å². The molecule has 1 unspecified atom stereocenters. The molecule has 0 radical (unpaired) electrons. The van der Waals surface area contributed by atoms with Gasteiger partial charge in [-0.1, -0.05) is 0 Å². The quantitative estimate of drug-likeness (QED) is 0.403. The van der Waals surface area contributed by atoms with E-state index in [1.54, 1.807) is 5.51 Å². The number of aromatic nitrogens is 2. The molecule has 1 heterocycles. The van der Waals surface area contributed by atoms with Gasteiger partial charge in [-0.3, -0.25) is 0 Å². The second-order valence-electron chi connectivity index (χ2n) is 1.01. The average Bonchev–Trinajstić information content (AvgIpc) is 1.91. The average molecular weight is 134 g/mol. The Morgan fingerprint density at radius 1 is 2.00 bits per heavy atom. The number of nitrogen functional groups attached to an aromatic ring is 1. The van der Waals surface area contributed by atoms with E-state index in [4.69, 9.17) is 17.4 Å². The molecule has 0 saturated heterocycles. The molecule has 0 aliphatic rings. The fourth-order valence-corrected chi connectivity index (χ4v) is 0.838. The highest BCUT2D eigenvalue weighted by Gasteiger charge is 1.94. The van der Waals surface area contributed by atoms with E-state index in [1.165, 1.54) is 0 Å². The number of H-pyrrole nitrogens is 1. The van der Waals surface area contributed by atoms with Crippen molar-refractivity contribution in [2.45, 2.75) is 0 Å². The number of hydrogen-bond acceptors (Lipinski definition) is 3. The van der Waals surface area contributed by atoms with Crippen LogP contribution >= 0.6 is 22.9 Å². The number of rotatable bonds is 0. The fourth-order valence-electron chi connectivity index (χ4n) is 0.236. The highest BCUT2D eigenvalue weighted by atomic mass is 32.2. The summed E-state index contributed by atoms with van der Waals surface area (Å²) in [6, 6.07) is 0. The number of nitrogens with zero attached hydrogens (tertiary/aromatic N) is 1. The molecule has 7 heavy (non-hydrogen) atoms. The predicted molar refractivity (Wildman–Crippen MR) is 32.1 cm³/mol. The molecule has 3 N–H and O–H groups in total. The van der Waals surface area contributed by atoms with E-state index in [1.807, 2.05) is 0 Å². The summed E-state index contributed by atoms with van der Waals surface area (Å²) in [6.45, 7) is 0. The van der Waals surface area contributed by atoms with Crippen LogP contribution in [-0.4, -0.2) is 10.2 Å². The summed E-state index contributed by atoms with van der Waals surface area (Å²) >= 11 is 4.69. The van der Waals surface area contributed by atoms with Crippen LogP contribution in [0.1, 0.15) is 0 Å². The van der Waals surface area contributed by atoms with Gasteiger partial charge in [-0.05, 0) is 0 Å². The zero-order valence-corrected chi connectivity index (χ0v) is 5.05. The zero-order chi connectivity index (χ0) is 5.28. The first-order valence-electron chi connectivity index (χ1n) is 1.61. The summed E-state index contributed by atoms with van der Waals surface area (Å²) < 4.78 is 0.625. The van der Waals surface area contributed by atoms with Gasteiger partial charge in [0.15, 0.2) is 5.51 Å². The lowest BCUT2D eigenvalue weighted by Crippen LogP contribution is -1.73. The van der Waals surface area contributed by atoms with Crippen LogP contribution in [0.4, 0.5) is 0 Å². The van der Waals surface area contributed by atoms with Crippen LogP contribution in [0.15, 0.2) is 5.51 Å². The molecule has 1 aromatic heterocycles. The third kappa shape index (κ3) is 0.846. The van der Waals surface area contributed by atoms with Gasteiger partial charge in [-0.25, -0.2) is 5.10 Å². The van der Waals surface area contributed by atoms with E-state index in [0.717, 1.165) is 0 Å². The van der Waals surface area contributed by atoms with Crippen molar-refractivity contribution in [1.29, 1.82) is 0 Å². The second-order valence-corrected chi connectivity index (χ2v) is 3.03. The van der Waals surface area contributed by atoms with E-state index in [0.29, 0.717) is 3.95 Å². The molecule has 5 heteroatoms. The predicted octanol–water partition coefficient (Wildman–Crippen LogP) is 0.602. The topological polar surface area (TPSA) is 54.7 Å². The second kappa shape index (κ2) is 1.69. The van der Waals surface area contributed by atoms with Crippen molar-refractivity contribution >= 4 is 22.9 Å². The SMILES string of the molecule is N[s+]1cn[nH]c1=S. The minimum atomic E-state index is -0.389. The lowest BCUT2D eigenvalue weighted by Gasteiger charge is -1.59. The van der Waals surface area contributed by atoms with Gasteiger partial charge in [-0.15, -0.1) is 5.10 Å². The normalized spacial score (nSPS) is 11.9. The molecule has 1 aromatic rings. The number of hydrogen-bond donors (Lipinski definition) is 2. The standard InChI is InChI=1S/C2H3N3S2/c3-7-1-4-5-2(7)6/h1H,3H2/p+1. The summed E-state index contributed by atoms with van der Waals surface area (Å²) in [7, 11) is -0.389. The van der Waals surface area contributed by atoms with Crippen molar-refractivity contribution in [3.63, 3.8) is 0 Å². The van der Waals surface area contributed by atoms with Crippen LogP contribution in [0.3, 0.4) is 0 Å². The van der Waals surface area contributed by atoms with Crippen molar-refractivity contribution < 1.29 is 0 Å². The number of nitrogens with two attached hydrogens (primary N) is 1. The Balaban J connectivity index is 3.39. The summed E-state index contributed by atoms with van der Waals surface area (Å²) in [6.07, 6.45) is 0. The lowest BCUT2D eigenvalue weighted by atomic mass is 11.6. The number of nitrogens with one attached hydrogen (secondary N) is 1. The molecule has 0 saturated carbocycles. The molecule has 38 valence electrons. The maximum atomic E-state index is 5.35. The smallest absolute Gasteiger partial charge is 0.217 e. The van der Waals surface area contributed by atoms with Crippen LogP contribution in [0.25, 0.3) is 0 Å². The maximum absolute atomic E-state index is 5.35. The Hall–Kier alpha value is -0.260. The van der Waals surface area contributed by atoms with Gasteiger partial charge in [0, 0.05) is 10.7 Å². The minimum absolute atomic E-state index is 0.389. The summed E-state index contributed by atoms with van der Waals surface area (Å²) in [4.78, 5) is 0. The Kier molecular flexibility index (Phi) is 1.18. The van der Waals surface area contributed by atoms with Gasteiger partial charge in [0.1, 0.15) is 0 Å². The summed E-state index contributed by atoms with van der Waals surface area (Å²) in [5.74, 6) is 0. The van der Waals surface area contributed by atoms with Gasteiger partial charge < -0.3 is 0 Å². The Morgan fingerprint density at radius 3 is 2.86 bits per heavy atom. The van der Waals surface area contributed by atoms with E-state index in [-0.39, 0.29) is 10.7 Å². The van der Waals surface area contributed by atoms with Crippen molar-refractivity contribution in [2.24, 2.45) is 0 Å². The Labute approximate surface area is 48.3 Å². The highest BCUT2D eigenvalue weighted by molar-refractivity contribution is 7.74.